The molecule has 0 fully saturated rings. The molecule has 2 N–H and O–H groups in total. The first-order valence-electron chi connectivity index (χ1n) is 20.2. The van der Waals surface area contributed by atoms with Crippen LogP contribution in [0.3, 0.4) is 0 Å². The molecular weight excluding hydrogens is 675 g/mol. The average Bonchev–Trinajstić information content (AvgIpc) is 3.11. The molecule has 0 spiro atoms. The fraction of sp³-hybridized carbons (Fsp3) is 0.674. The lowest BCUT2D eigenvalue weighted by Crippen LogP contribution is -2.29. The Morgan fingerprint density at radius 1 is 0.500 bits per heavy atom. The zero-order chi connectivity index (χ0) is 38.2. The molecule has 0 unspecified atom stereocenters. The molecule has 0 amide bonds. The van der Waals surface area contributed by atoms with Gasteiger partial charge in [-0.05, 0) is 83.5 Å². The van der Waals surface area contributed by atoms with Crippen molar-refractivity contribution in [2.45, 2.75) is 174 Å². The van der Waals surface area contributed by atoms with E-state index >= 15 is 0 Å². The Balaban J connectivity index is 4.09. The summed E-state index contributed by atoms with van der Waals surface area (Å²) in [6.45, 7) is 3.58. The van der Waals surface area contributed by atoms with Crippen molar-refractivity contribution in [2.75, 3.05) is 13.2 Å². The number of phosphoric ester groups is 1. The molecule has 0 bridgehead atoms. The lowest BCUT2D eigenvalue weighted by atomic mass is 10.1. The number of esters is 2. The molecule has 0 heterocycles. The average molecular weight is 749 g/mol. The molecule has 0 aromatic carbocycles. The van der Waals surface area contributed by atoms with Crippen LogP contribution in [0.5, 0.6) is 0 Å². The molecule has 52 heavy (non-hydrogen) atoms. The molecular formula is C43H73O8P. The number of hydrogen-bond acceptors (Lipinski definition) is 6. The van der Waals surface area contributed by atoms with E-state index < -0.39 is 32.5 Å². The Morgan fingerprint density at radius 3 is 1.38 bits per heavy atom. The number of phosphoric acid groups is 1. The number of hydrogen-bond donors (Lipinski definition) is 2. The Labute approximate surface area is 317 Å². The van der Waals surface area contributed by atoms with Gasteiger partial charge in [0.1, 0.15) is 6.61 Å². The van der Waals surface area contributed by atoms with Crippen LogP contribution in [0.2, 0.25) is 0 Å². The van der Waals surface area contributed by atoms with Crippen LogP contribution in [-0.4, -0.2) is 41.0 Å². The highest BCUT2D eigenvalue weighted by atomic mass is 31.2. The highest BCUT2D eigenvalue weighted by Gasteiger charge is 2.22. The first-order valence-corrected chi connectivity index (χ1v) is 21.8. The van der Waals surface area contributed by atoms with E-state index in [1.165, 1.54) is 64.2 Å². The third kappa shape index (κ3) is 40.3. The van der Waals surface area contributed by atoms with E-state index in [0.717, 1.165) is 57.8 Å². The molecule has 0 aliphatic carbocycles. The Bertz CT molecular complexity index is 1070. The summed E-state index contributed by atoms with van der Waals surface area (Å²) in [5.41, 5.74) is 0. The van der Waals surface area contributed by atoms with Crippen LogP contribution in [0.15, 0.2) is 72.9 Å². The van der Waals surface area contributed by atoms with E-state index in [1.54, 1.807) is 0 Å². The van der Waals surface area contributed by atoms with Crippen molar-refractivity contribution in [3.8, 4) is 0 Å². The summed E-state index contributed by atoms with van der Waals surface area (Å²) in [5, 5.41) is 0. The molecule has 0 saturated carbocycles. The third-order valence-corrected chi connectivity index (χ3v) is 8.68. The van der Waals surface area contributed by atoms with Gasteiger partial charge in [-0.25, -0.2) is 4.57 Å². The lowest BCUT2D eigenvalue weighted by Gasteiger charge is -2.18. The summed E-state index contributed by atoms with van der Waals surface area (Å²) in [7, 11) is -4.78. The fourth-order valence-electron chi connectivity index (χ4n) is 5.16. The maximum absolute atomic E-state index is 12.4. The molecule has 0 rings (SSSR count). The number of ether oxygens (including phenoxy) is 2. The maximum Gasteiger partial charge on any atom is 0.469 e. The summed E-state index contributed by atoms with van der Waals surface area (Å²) in [6, 6.07) is 0. The van der Waals surface area contributed by atoms with Crippen molar-refractivity contribution in [1.29, 1.82) is 0 Å². The molecule has 9 heteroatoms. The van der Waals surface area contributed by atoms with Gasteiger partial charge in [0.15, 0.2) is 6.10 Å². The van der Waals surface area contributed by atoms with Crippen LogP contribution in [0, 0.1) is 0 Å². The second kappa shape index (κ2) is 38.2. The van der Waals surface area contributed by atoms with E-state index in [9.17, 15) is 14.2 Å². The van der Waals surface area contributed by atoms with Gasteiger partial charge in [-0.1, -0.05) is 145 Å². The lowest BCUT2D eigenvalue weighted by molar-refractivity contribution is -0.161. The monoisotopic (exact) mass is 749 g/mol. The molecule has 8 nitrogen and oxygen atoms in total. The molecule has 0 aliphatic heterocycles. The molecule has 1 atom stereocenters. The van der Waals surface area contributed by atoms with E-state index in [4.69, 9.17) is 19.3 Å². The zero-order valence-electron chi connectivity index (χ0n) is 32.7. The number of carbonyl (C=O) groups is 2. The normalized spacial score (nSPS) is 13.2. The van der Waals surface area contributed by atoms with Gasteiger partial charge in [0, 0.05) is 12.8 Å². The highest BCUT2D eigenvalue weighted by molar-refractivity contribution is 7.46. The van der Waals surface area contributed by atoms with Gasteiger partial charge in [-0.15, -0.1) is 0 Å². The smallest absolute Gasteiger partial charge is 0.462 e. The van der Waals surface area contributed by atoms with Crippen LogP contribution >= 0.6 is 7.82 Å². The Morgan fingerprint density at radius 2 is 0.885 bits per heavy atom. The number of carbonyl (C=O) groups excluding carboxylic acids is 2. The third-order valence-electron chi connectivity index (χ3n) is 8.20. The first kappa shape index (κ1) is 49.5. The van der Waals surface area contributed by atoms with E-state index in [1.807, 2.05) is 6.08 Å². The van der Waals surface area contributed by atoms with Crippen molar-refractivity contribution in [3.05, 3.63) is 72.9 Å². The van der Waals surface area contributed by atoms with Gasteiger partial charge in [-0.3, -0.25) is 14.1 Å². The van der Waals surface area contributed by atoms with Crippen molar-refractivity contribution in [2.24, 2.45) is 0 Å². The Kier molecular flexibility index (Phi) is 36.4. The van der Waals surface area contributed by atoms with Gasteiger partial charge in [0.05, 0.1) is 6.61 Å². The summed E-state index contributed by atoms with van der Waals surface area (Å²) in [6.07, 6.45) is 49.1. The van der Waals surface area contributed by atoms with E-state index in [0.29, 0.717) is 19.3 Å². The maximum atomic E-state index is 12.4. The predicted octanol–water partition coefficient (Wildman–Crippen LogP) is 12.3. The predicted molar refractivity (Wildman–Crippen MR) is 216 cm³/mol. The highest BCUT2D eigenvalue weighted by Crippen LogP contribution is 2.36. The summed E-state index contributed by atoms with van der Waals surface area (Å²) in [4.78, 5) is 42.8. The van der Waals surface area contributed by atoms with Gasteiger partial charge >= 0.3 is 19.8 Å². The number of unbranched alkanes of at least 4 members (excludes halogenated alkanes) is 14. The van der Waals surface area contributed by atoms with E-state index in [2.05, 4.69) is 85.2 Å². The second-order valence-corrected chi connectivity index (χ2v) is 14.5. The van der Waals surface area contributed by atoms with Gasteiger partial charge in [0.25, 0.3) is 0 Å². The van der Waals surface area contributed by atoms with Crippen molar-refractivity contribution >= 4 is 19.8 Å². The SMILES string of the molecule is CCCCC/C=C\C/C=C\C/C=C\CCCCCCC(=O)OC[C@H](COP(=O)(O)O)OC(=O)CCC/C=C\C/C=C\C/C=C\CCCCCCCC. The van der Waals surface area contributed by atoms with Crippen molar-refractivity contribution < 1.29 is 37.9 Å². The van der Waals surface area contributed by atoms with Crippen molar-refractivity contribution in [1.82, 2.24) is 0 Å². The minimum Gasteiger partial charge on any atom is -0.462 e. The van der Waals surface area contributed by atoms with Crippen LogP contribution < -0.4 is 0 Å². The second-order valence-electron chi connectivity index (χ2n) is 13.2. The van der Waals surface area contributed by atoms with Gasteiger partial charge in [-0.2, -0.15) is 0 Å². The van der Waals surface area contributed by atoms with Crippen LogP contribution in [0.25, 0.3) is 0 Å². The van der Waals surface area contributed by atoms with E-state index in [-0.39, 0.29) is 19.4 Å². The Hall–Kier alpha value is -2.51. The fourth-order valence-corrected chi connectivity index (χ4v) is 5.52. The minimum absolute atomic E-state index is 0.132. The van der Waals surface area contributed by atoms with Crippen LogP contribution in [0.1, 0.15) is 168 Å². The van der Waals surface area contributed by atoms with Gasteiger partial charge < -0.3 is 19.3 Å². The quantitative estimate of drug-likeness (QED) is 0.0281. The molecule has 298 valence electrons. The van der Waals surface area contributed by atoms with Crippen LogP contribution in [-0.2, 0) is 28.2 Å². The van der Waals surface area contributed by atoms with Crippen LogP contribution in [0.4, 0.5) is 0 Å². The topological polar surface area (TPSA) is 119 Å². The number of allylic oxidation sites excluding steroid dienone is 12. The minimum atomic E-state index is -4.78. The first-order chi connectivity index (χ1) is 25.3. The largest absolute Gasteiger partial charge is 0.469 e. The molecule has 0 aromatic heterocycles. The molecule has 0 aromatic rings. The number of rotatable bonds is 36. The summed E-state index contributed by atoms with van der Waals surface area (Å²) >= 11 is 0. The molecule has 0 saturated heterocycles. The van der Waals surface area contributed by atoms with Crippen molar-refractivity contribution in [3.63, 3.8) is 0 Å². The molecule has 0 aliphatic rings. The van der Waals surface area contributed by atoms with Gasteiger partial charge in [0.2, 0.25) is 0 Å². The summed E-state index contributed by atoms with van der Waals surface area (Å²) in [5.74, 6) is -0.977. The zero-order valence-corrected chi connectivity index (χ0v) is 33.6. The molecule has 0 radical (unpaired) electrons. The standard InChI is InChI=1S/C43H73O8P/c1-3-5-7-9-11-13-15-17-19-21-23-25-27-29-31-33-35-37-42(44)49-39-41(40-50-52(46,47)48)51-43(45)38-36-34-32-30-28-26-24-22-20-18-16-14-12-10-8-6-4-2/h11,13,17-20,23-26,30,32,41H,3-10,12,14-16,21-22,27-29,31,33-40H2,1-2H3,(H2,46,47,48)/b13-11-,19-17-,20-18-,25-23-,26-24-,32-30-/t41-/m1/s1. The summed E-state index contributed by atoms with van der Waals surface area (Å²) < 4.78 is 26.3.